The zero-order valence-electron chi connectivity index (χ0n) is 13.8. The van der Waals surface area contributed by atoms with E-state index in [1.54, 1.807) is 19.9 Å². The maximum absolute atomic E-state index is 12.3. The predicted molar refractivity (Wildman–Crippen MR) is 82.6 cm³/mol. The number of nitriles is 1. The molecule has 1 aliphatic rings. The first kappa shape index (κ1) is 17.1. The predicted octanol–water partition coefficient (Wildman–Crippen LogP) is 2.78. The minimum absolute atomic E-state index is 0.315. The largest absolute Gasteiger partial charge is 0.466 e. The van der Waals surface area contributed by atoms with Crippen molar-refractivity contribution in [3.05, 3.63) is 23.2 Å². The summed E-state index contributed by atoms with van der Waals surface area (Å²) in [6, 6.07) is 3.80. The molecule has 0 spiro atoms. The zero-order valence-corrected chi connectivity index (χ0v) is 13.8. The molecule has 0 aromatic carbocycles. The summed E-state index contributed by atoms with van der Waals surface area (Å²) >= 11 is 0. The van der Waals surface area contributed by atoms with E-state index < -0.39 is 23.5 Å². The number of rotatable bonds is 4. The second kappa shape index (κ2) is 6.86. The second-order valence-electron chi connectivity index (χ2n) is 6.12. The fourth-order valence-electron chi connectivity index (χ4n) is 2.87. The number of hydrogen-bond donors (Lipinski definition) is 1. The Morgan fingerprint density at radius 3 is 2.52 bits per heavy atom. The summed E-state index contributed by atoms with van der Waals surface area (Å²) in [5.74, 6) is 0.0226. The van der Waals surface area contributed by atoms with Crippen LogP contribution in [0.3, 0.4) is 0 Å². The van der Waals surface area contributed by atoms with Crippen molar-refractivity contribution in [2.24, 2.45) is 0 Å². The van der Waals surface area contributed by atoms with Crippen molar-refractivity contribution in [2.75, 3.05) is 0 Å². The SMILES string of the molecule is Cc1cc(C(=O)OC(C)C(=O)NC2(C#N)CCCCC2)c(C)o1. The maximum atomic E-state index is 12.3. The molecule has 1 aliphatic carbocycles. The van der Waals surface area contributed by atoms with Crippen LogP contribution < -0.4 is 5.32 Å². The summed E-state index contributed by atoms with van der Waals surface area (Å²) in [5.41, 5.74) is -0.521. The highest BCUT2D eigenvalue weighted by atomic mass is 16.5. The molecule has 6 nitrogen and oxygen atoms in total. The number of esters is 1. The van der Waals surface area contributed by atoms with Gasteiger partial charge in [-0.1, -0.05) is 19.3 Å². The van der Waals surface area contributed by atoms with E-state index in [0.717, 1.165) is 19.3 Å². The van der Waals surface area contributed by atoms with Crippen molar-refractivity contribution in [2.45, 2.75) is 64.5 Å². The van der Waals surface area contributed by atoms with Crippen LogP contribution in [0.15, 0.2) is 10.5 Å². The molecule has 23 heavy (non-hydrogen) atoms. The number of aryl methyl sites for hydroxylation is 2. The number of nitrogens with zero attached hydrogens (tertiary/aromatic N) is 1. The van der Waals surface area contributed by atoms with Gasteiger partial charge in [-0.05, 0) is 39.7 Å². The van der Waals surface area contributed by atoms with Crippen LogP contribution in [0.1, 0.15) is 60.9 Å². The quantitative estimate of drug-likeness (QED) is 0.862. The first-order valence-electron chi connectivity index (χ1n) is 7.88. The number of carbonyl (C=O) groups is 2. The van der Waals surface area contributed by atoms with Gasteiger partial charge in [0, 0.05) is 0 Å². The molecule has 1 N–H and O–H groups in total. The zero-order chi connectivity index (χ0) is 17.0. The van der Waals surface area contributed by atoms with Gasteiger partial charge >= 0.3 is 5.97 Å². The molecule has 124 valence electrons. The highest BCUT2D eigenvalue weighted by molar-refractivity contribution is 5.93. The minimum atomic E-state index is -0.968. The van der Waals surface area contributed by atoms with Crippen molar-refractivity contribution < 1.29 is 18.7 Å². The van der Waals surface area contributed by atoms with Crippen molar-refractivity contribution >= 4 is 11.9 Å². The number of nitrogens with one attached hydrogen (secondary N) is 1. The molecule has 0 bridgehead atoms. The van der Waals surface area contributed by atoms with E-state index in [1.165, 1.54) is 6.92 Å². The number of carbonyl (C=O) groups excluding carboxylic acids is 2. The number of furan rings is 1. The van der Waals surface area contributed by atoms with Crippen LogP contribution in [0, 0.1) is 25.2 Å². The van der Waals surface area contributed by atoms with Crippen LogP contribution in [0.4, 0.5) is 0 Å². The van der Waals surface area contributed by atoms with Crippen LogP contribution in [0.2, 0.25) is 0 Å². The second-order valence-corrected chi connectivity index (χ2v) is 6.12. The van der Waals surface area contributed by atoms with Gasteiger partial charge in [0.15, 0.2) is 6.10 Å². The molecule has 1 amide bonds. The average Bonchev–Trinajstić information content (AvgIpc) is 2.86. The summed E-state index contributed by atoms with van der Waals surface area (Å²) in [6.45, 7) is 4.91. The Kier molecular flexibility index (Phi) is 5.09. The van der Waals surface area contributed by atoms with Crippen LogP contribution in [-0.2, 0) is 9.53 Å². The Morgan fingerprint density at radius 1 is 1.35 bits per heavy atom. The smallest absolute Gasteiger partial charge is 0.342 e. The van der Waals surface area contributed by atoms with Crippen molar-refractivity contribution in [3.8, 4) is 6.07 Å². The van der Waals surface area contributed by atoms with E-state index >= 15 is 0 Å². The van der Waals surface area contributed by atoms with Gasteiger partial charge in [-0.2, -0.15) is 5.26 Å². The lowest BCUT2D eigenvalue weighted by Crippen LogP contribution is -2.52. The first-order chi connectivity index (χ1) is 10.9. The van der Waals surface area contributed by atoms with E-state index in [-0.39, 0.29) is 0 Å². The average molecular weight is 318 g/mol. The Hall–Kier alpha value is -2.29. The van der Waals surface area contributed by atoms with Gasteiger partial charge in [0.2, 0.25) is 0 Å². The minimum Gasteiger partial charge on any atom is -0.466 e. The van der Waals surface area contributed by atoms with E-state index in [9.17, 15) is 14.9 Å². The summed E-state index contributed by atoms with van der Waals surface area (Å²) in [4.78, 5) is 24.4. The fourth-order valence-corrected chi connectivity index (χ4v) is 2.87. The summed E-state index contributed by atoms with van der Waals surface area (Å²) < 4.78 is 10.5. The Balaban J connectivity index is 1.98. The van der Waals surface area contributed by atoms with Crippen molar-refractivity contribution in [3.63, 3.8) is 0 Å². The van der Waals surface area contributed by atoms with Crippen LogP contribution in [0.5, 0.6) is 0 Å². The number of ether oxygens (including phenoxy) is 1. The van der Waals surface area contributed by atoms with Gasteiger partial charge in [-0.3, -0.25) is 4.79 Å². The van der Waals surface area contributed by atoms with E-state index in [2.05, 4.69) is 11.4 Å². The van der Waals surface area contributed by atoms with Crippen LogP contribution in [0.25, 0.3) is 0 Å². The number of amides is 1. The molecule has 1 aromatic rings. The van der Waals surface area contributed by atoms with Gasteiger partial charge in [0.05, 0.1) is 6.07 Å². The van der Waals surface area contributed by atoms with Crippen LogP contribution in [-0.4, -0.2) is 23.5 Å². The normalized spacial score (nSPS) is 17.8. The highest BCUT2D eigenvalue weighted by Gasteiger charge is 2.35. The summed E-state index contributed by atoms with van der Waals surface area (Å²) in [5, 5.41) is 12.1. The molecule has 1 saturated carbocycles. The van der Waals surface area contributed by atoms with Crippen molar-refractivity contribution in [1.29, 1.82) is 5.26 Å². The van der Waals surface area contributed by atoms with Crippen LogP contribution >= 0.6 is 0 Å². The molecule has 0 aliphatic heterocycles. The molecule has 6 heteroatoms. The van der Waals surface area contributed by atoms with Gasteiger partial charge < -0.3 is 14.5 Å². The molecule has 0 saturated heterocycles. The summed E-state index contributed by atoms with van der Waals surface area (Å²) in [6.07, 6.45) is 3.20. The van der Waals surface area contributed by atoms with Gasteiger partial charge in [-0.25, -0.2) is 4.79 Å². The van der Waals surface area contributed by atoms with Gasteiger partial charge in [0.1, 0.15) is 22.6 Å². The van der Waals surface area contributed by atoms with Crippen molar-refractivity contribution in [1.82, 2.24) is 5.32 Å². The van der Waals surface area contributed by atoms with Gasteiger partial charge in [-0.15, -0.1) is 0 Å². The molecule has 0 radical (unpaired) electrons. The van der Waals surface area contributed by atoms with E-state index in [0.29, 0.717) is 29.9 Å². The maximum Gasteiger partial charge on any atom is 0.342 e. The fraction of sp³-hybridized carbons (Fsp3) is 0.588. The summed E-state index contributed by atoms with van der Waals surface area (Å²) in [7, 11) is 0. The first-order valence-corrected chi connectivity index (χ1v) is 7.88. The third kappa shape index (κ3) is 3.92. The molecular weight excluding hydrogens is 296 g/mol. The number of hydrogen-bond acceptors (Lipinski definition) is 5. The molecule has 1 unspecified atom stereocenters. The monoisotopic (exact) mass is 318 g/mol. The highest BCUT2D eigenvalue weighted by Crippen LogP contribution is 2.27. The lowest BCUT2D eigenvalue weighted by Gasteiger charge is -2.32. The Bertz CT molecular complexity index is 636. The van der Waals surface area contributed by atoms with E-state index in [4.69, 9.17) is 9.15 Å². The third-order valence-electron chi connectivity index (χ3n) is 4.20. The molecule has 2 rings (SSSR count). The molecule has 1 atom stereocenters. The lowest BCUT2D eigenvalue weighted by molar-refractivity contribution is -0.130. The third-order valence-corrected chi connectivity index (χ3v) is 4.20. The topological polar surface area (TPSA) is 92.3 Å². The standard InChI is InChI=1S/C17H22N2O4/c1-11-9-14(12(2)22-11)16(21)23-13(3)15(20)19-17(10-18)7-5-4-6-8-17/h9,13H,4-8H2,1-3H3,(H,19,20). The Morgan fingerprint density at radius 2 is 2.00 bits per heavy atom. The van der Waals surface area contributed by atoms with Gasteiger partial charge in [0.25, 0.3) is 5.91 Å². The molecule has 1 heterocycles. The van der Waals surface area contributed by atoms with E-state index in [1.807, 2.05) is 0 Å². The lowest BCUT2D eigenvalue weighted by atomic mass is 9.83. The molecule has 1 aromatic heterocycles. The molecule has 1 fully saturated rings. The Labute approximate surface area is 135 Å². The molecular formula is C17H22N2O4.